The SMILES string of the molecule is CCCC(=O)OCC(O)CNc1ccc(N2CCOCC2=O)cc1. The molecule has 1 unspecified atom stereocenters. The molecule has 132 valence electrons. The average Bonchev–Trinajstić information content (AvgIpc) is 2.59. The van der Waals surface area contributed by atoms with Crippen LogP contribution in [0.15, 0.2) is 24.3 Å². The molecule has 1 heterocycles. The molecule has 7 nitrogen and oxygen atoms in total. The van der Waals surface area contributed by atoms with Gasteiger partial charge in [0.15, 0.2) is 0 Å². The van der Waals surface area contributed by atoms with Crippen molar-refractivity contribution in [2.45, 2.75) is 25.9 Å². The number of morpholine rings is 1. The fourth-order valence-corrected chi connectivity index (χ4v) is 2.31. The van der Waals surface area contributed by atoms with Crippen LogP contribution in [0.4, 0.5) is 11.4 Å². The van der Waals surface area contributed by atoms with E-state index in [1.807, 2.05) is 31.2 Å². The van der Waals surface area contributed by atoms with Crippen molar-refractivity contribution >= 4 is 23.3 Å². The number of esters is 1. The quantitative estimate of drug-likeness (QED) is 0.693. The minimum Gasteiger partial charge on any atom is -0.463 e. The predicted molar refractivity (Wildman–Crippen MR) is 90.0 cm³/mol. The number of hydrogen-bond acceptors (Lipinski definition) is 6. The Hall–Kier alpha value is -2.12. The van der Waals surface area contributed by atoms with Gasteiger partial charge in [0.25, 0.3) is 5.91 Å². The number of carbonyl (C=O) groups excluding carboxylic acids is 2. The summed E-state index contributed by atoms with van der Waals surface area (Å²) in [5.74, 6) is -0.345. The first-order chi connectivity index (χ1) is 11.6. The minimum atomic E-state index is -0.772. The number of rotatable bonds is 8. The molecule has 0 saturated carbocycles. The molecule has 7 heteroatoms. The number of anilines is 2. The van der Waals surface area contributed by atoms with Crippen LogP contribution in [0.1, 0.15) is 19.8 Å². The Morgan fingerprint density at radius 3 is 2.83 bits per heavy atom. The second-order valence-corrected chi connectivity index (χ2v) is 5.61. The van der Waals surface area contributed by atoms with Gasteiger partial charge in [0.05, 0.1) is 6.61 Å². The number of nitrogens with zero attached hydrogens (tertiary/aromatic N) is 1. The molecule has 2 rings (SSSR count). The summed E-state index contributed by atoms with van der Waals surface area (Å²) in [7, 11) is 0. The van der Waals surface area contributed by atoms with Crippen LogP contribution < -0.4 is 10.2 Å². The highest BCUT2D eigenvalue weighted by molar-refractivity contribution is 5.94. The average molecular weight is 336 g/mol. The lowest BCUT2D eigenvalue weighted by atomic mass is 10.2. The Balaban J connectivity index is 1.77. The normalized spacial score (nSPS) is 15.9. The van der Waals surface area contributed by atoms with Crippen molar-refractivity contribution in [3.05, 3.63) is 24.3 Å². The maximum absolute atomic E-state index is 11.8. The summed E-state index contributed by atoms with van der Waals surface area (Å²) in [6.45, 7) is 3.35. The van der Waals surface area contributed by atoms with Crippen molar-refractivity contribution < 1.29 is 24.2 Å². The van der Waals surface area contributed by atoms with Crippen LogP contribution in [0.5, 0.6) is 0 Å². The summed E-state index contributed by atoms with van der Waals surface area (Å²) in [4.78, 5) is 24.7. The number of amides is 1. The van der Waals surface area contributed by atoms with Gasteiger partial charge in [-0.15, -0.1) is 0 Å². The van der Waals surface area contributed by atoms with Crippen LogP contribution in [-0.4, -0.2) is 56.0 Å². The van der Waals surface area contributed by atoms with E-state index in [4.69, 9.17) is 9.47 Å². The summed E-state index contributed by atoms with van der Waals surface area (Å²) >= 11 is 0. The van der Waals surface area contributed by atoms with Gasteiger partial charge in [-0.1, -0.05) is 6.92 Å². The van der Waals surface area contributed by atoms with Gasteiger partial charge in [0.2, 0.25) is 0 Å². The van der Waals surface area contributed by atoms with E-state index >= 15 is 0 Å². The largest absolute Gasteiger partial charge is 0.463 e. The van der Waals surface area contributed by atoms with Crippen LogP contribution in [-0.2, 0) is 19.1 Å². The van der Waals surface area contributed by atoms with E-state index in [-0.39, 0.29) is 31.6 Å². The molecule has 1 fully saturated rings. The van der Waals surface area contributed by atoms with Crippen molar-refractivity contribution in [2.24, 2.45) is 0 Å². The molecule has 0 spiro atoms. The Morgan fingerprint density at radius 1 is 1.42 bits per heavy atom. The number of benzene rings is 1. The van der Waals surface area contributed by atoms with E-state index in [1.54, 1.807) is 4.90 Å². The third kappa shape index (κ3) is 5.50. The zero-order chi connectivity index (χ0) is 17.4. The van der Waals surface area contributed by atoms with Gasteiger partial charge in [0.1, 0.15) is 19.3 Å². The lowest BCUT2D eigenvalue weighted by molar-refractivity contribution is -0.146. The Bertz CT molecular complexity index is 546. The number of carbonyl (C=O) groups is 2. The smallest absolute Gasteiger partial charge is 0.305 e. The van der Waals surface area contributed by atoms with Crippen LogP contribution in [0, 0.1) is 0 Å². The molecule has 1 aromatic carbocycles. The van der Waals surface area contributed by atoms with Crippen molar-refractivity contribution in [3.63, 3.8) is 0 Å². The lowest BCUT2D eigenvalue weighted by Crippen LogP contribution is -2.41. The molecule has 1 aliphatic heterocycles. The molecule has 1 aliphatic rings. The fourth-order valence-electron chi connectivity index (χ4n) is 2.31. The number of ether oxygens (including phenoxy) is 2. The van der Waals surface area contributed by atoms with Crippen molar-refractivity contribution in [1.29, 1.82) is 0 Å². The van der Waals surface area contributed by atoms with E-state index in [0.29, 0.717) is 19.6 Å². The number of nitrogens with one attached hydrogen (secondary N) is 1. The number of hydrogen-bond donors (Lipinski definition) is 2. The van der Waals surface area contributed by atoms with E-state index in [9.17, 15) is 14.7 Å². The van der Waals surface area contributed by atoms with Gasteiger partial charge in [0, 0.05) is 30.9 Å². The maximum atomic E-state index is 11.8. The first-order valence-corrected chi connectivity index (χ1v) is 8.16. The standard InChI is InChI=1S/C17H24N2O5/c1-2-3-17(22)24-11-15(20)10-18-13-4-6-14(7-5-13)19-8-9-23-12-16(19)21/h4-7,15,18,20H,2-3,8-12H2,1H3. The first kappa shape index (κ1) is 18.2. The minimum absolute atomic E-state index is 0.0216. The van der Waals surface area contributed by atoms with Crippen LogP contribution in [0.3, 0.4) is 0 Å². The van der Waals surface area contributed by atoms with Crippen LogP contribution in [0.2, 0.25) is 0 Å². The molecule has 0 radical (unpaired) electrons. The third-order valence-electron chi connectivity index (χ3n) is 3.60. The van der Waals surface area contributed by atoms with E-state index in [1.165, 1.54) is 0 Å². The molecule has 2 N–H and O–H groups in total. The number of aliphatic hydroxyl groups excluding tert-OH is 1. The summed E-state index contributed by atoms with van der Waals surface area (Å²) in [6.07, 6.45) is 0.318. The van der Waals surface area contributed by atoms with E-state index in [0.717, 1.165) is 17.8 Å². The number of aliphatic hydroxyl groups is 1. The van der Waals surface area contributed by atoms with Crippen molar-refractivity contribution in [2.75, 3.05) is 43.1 Å². The van der Waals surface area contributed by atoms with Gasteiger partial charge < -0.3 is 24.8 Å². The van der Waals surface area contributed by atoms with Gasteiger partial charge >= 0.3 is 5.97 Å². The molecule has 1 saturated heterocycles. The molecule has 1 amide bonds. The molecular weight excluding hydrogens is 312 g/mol. The summed E-state index contributed by atoms with van der Waals surface area (Å²) in [5, 5.41) is 12.9. The van der Waals surface area contributed by atoms with Crippen LogP contribution >= 0.6 is 0 Å². The van der Waals surface area contributed by atoms with E-state index in [2.05, 4.69) is 5.32 Å². The maximum Gasteiger partial charge on any atom is 0.305 e. The summed E-state index contributed by atoms with van der Waals surface area (Å²) in [5.41, 5.74) is 1.64. The second-order valence-electron chi connectivity index (χ2n) is 5.61. The molecular formula is C17H24N2O5. The first-order valence-electron chi connectivity index (χ1n) is 8.16. The van der Waals surface area contributed by atoms with Gasteiger partial charge in [-0.25, -0.2) is 0 Å². The second kappa shape index (κ2) is 9.24. The zero-order valence-electron chi connectivity index (χ0n) is 13.9. The Morgan fingerprint density at radius 2 is 2.17 bits per heavy atom. The Kier molecular flexibility index (Phi) is 7.02. The third-order valence-corrected chi connectivity index (χ3v) is 3.60. The molecule has 24 heavy (non-hydrogen) atoms. The molecule has 0 aromatic heterocycles. The Labute approximate surface area is 141 Å². The predicted octanol–water partition coefficient (Wildman–Crippen LogP) is 1.17. The zero-order valence-corrected chi connectivity index (χ0v) is 13.9. The highest BCUT2D eigenvalue weighted by Gasteiger charge is 2.19. The molecule has 0 bridgehead atoms. The van der Waals surface area contributed by atoms with Gasteiger partial charge in [-0.3, -0.25) is 9.59 Å². The lowest BCUT2D eigenvalue weighted by Gasteiger charge is -2.27. The summed E-state index contributed by atoms with van der Waals surface area (Å²) in [6, 6.07) is 7.38. The van der Waals surface area contributed by atoms with Crippen molar-refractivity contribution in [3.8, 4) is 0 Å². The fraction of sp³-hybridized carbons (Fsp3) is 0.529. The molecule has 1 aromatic rings. The van der Waals surface area contributed by atoms with Gasteiger partial charge in [-0.2, -0.15) is 0 Å². The highest BCUT2D eigenvalue weighted by atomic mass is 16.5. The van der Waals surface area contributed by atoms with Crippen molar-refractivity contribution in [1.82, 2.24) is 0 Å². The highest BCUT2D eigenvalue weighted by Crippen LogP contribution is 2.19. The topological polar surface area (TPSA) is 88.1 Å². The summed E-state index contributed by atoms with van der Waals surface area (Å²) < 4.78 is 10.1. The monoisotopic (exact) mass is 336 g/mol. The van der Waals surface area contributed by atoms with Crippen LogP contribution in [0.25, 0.3) is 0 Å². The molecule has 0 aliphatic carbocycles. The van der Waals surface area contributed by atoms with E-state index < -0.39 is 6.10 Å². The molecule has 1 atom stereocenters. The van der Waals surface area contributed by atoms with Gasteiger partial charge in [-0.05, 0) is 30.7 Å².